The van der Waals surface area contributed by atoms with E-state index in [4.69, 9.17) is 0 Å². The van der Waals surface area contributed by atoms with Gasteiger partial charge in [0.05, 0.1) is 5.69 Å². The Labute approximate surface area is 97.6 Å². The molecule has 1 atom stereocenters. The first-order valence-corrected chi connectivity index (χ1v) is 5.51. The molecule has 0 radical (unpaired) electrons. The Kier molecular flexibility index (Phi) is 3.63. The summed E-state index contributed by atoms with van der Waals surface area (Å²) in [5.74, 6) is 0. The highest BCUT2D eigenvalue weighted by Gasteiger charge is 2.45. The third-order valence-corrected chi connectivity index (χ3v) is 2.79. The van der Waals surface area contributed by atoms with Crippen molar-refractivity contribution in [3.63, 3.8) is 0 Å². The van der Waals surface area contributed by atoms with Crippen molar-refractivity contribution in [2.45, 2.75) is 12.2 Å². The van der Waals surface area contributed by atoms with E-state index >= 15 is 0 Å². The molecule has 2 heterocycles. The number of hydrogen-bond acceptors (Lipinski definition) is 3. The second-order valence-corrected chi connectivity index (χ2v) is 3.98. The topological polar surface area (TPSA) is 28.2 Å². The fourth-order valence-electron chi connectivity index (χ4n) is 2.04. The molecule has 1 aromatic rings. The number of piperazine rings is 1. The van der Waals surface area contributed by atoms with E-state index < -0.39 is 12.2 Å². The van der Waals surface area contributed by atoms with E-state index in [1.807, 2.05) is 0 Å². The maximum absolute atomic E-state index is 13.1. The van der Waals surface area contributed by atoms with Gasteiger partial charge < -0.3 is 5.32 Å². The number of aromatic nitrogens is 1. The number of alkyl halides is 3. The first kappa shape index (κ1) is 12.3. The van der Waals surface area contributed by atoms with Gasteiger partial charge in [0.2, 0.25) is 0 Å². The van der Waals surface area contributed by atoms with Gasteiger partial charge in [0.1, 0.15) is 6.04 Å². The fourth-order valence-corrected chi connectivity index (χ4v) is 2.04. The summed E-state index contributed by atoms with van der Waals surface area (Å²) in [4.78, 5) is 5.27. The molecule has 1 N–H and O–H groups in total. The van der Waals surface area contributed by atoms with Crippen molar-refractivity contribution in [1.82, 2.24) is 15.2 Å². The maximum atomic E-state index is 13.1. The van der Waals surface area contributed by atoms with Gasteiger partial charge in [-0.25, -0.2) is 0 Å². The van der Waals surface area contributed by atoms with Crippen LogP contribution in [0.15, 0.2) is 24.4 Å². The number of nitrogens with one attached hydrogen (secondary N) is 1. The van der Waals surface area contributed by atoms with Crippen LogP contribution < -0.4 is 5.32 Å². The van der Waals surface area contributed by atoms with Gasteiger partial charge in [-0.1, -0.05) is 6.07 Å². The molecule has 0 unspecified atom stereocenters. The molecule has 0 amide bonds. The first-order valence-electron chi connectivity index (χ1n) is 5.51. The van der Waals surface area contributed by atoms with E-state index in [0.29, 0.717) is 26.2 Å². The van der Waals surface area contributed by atoms with E-state index in [2.05, 4.69) is 10.3 Å². The lowest BCUT2D eigenvalue weighted by Gasteiger charge is -2.35. The van der Waals surface area contributed by atoms with Crippen LogP contribution in [-0.2, 0) is 0 Å². The summed E-state index contributed by atoms with van der Waals surface area (Å²) in [7, 11) is 0. The molecule has 17 heavy (non-hydrogen) atoms. The highest BCUT2D eigenvalue weighted by Crippen LogP contribution is 2.36. The standard InChI is InChI=1S/C11H14F3N3/c12-11(13,14)10(9-3-1-2-4-16-9)17-7-5-15-6-8-17/h1-4,10,15H,5-8H2/t10-/m1/s1. The lowest BCUT2D eigenvalue weighted by Crippen LogP contribution is -2.49. The van der Waals surface area contributed by atoms with Crippen molar-refractivity contribution in [1.29, 1.82) is 0 Å². The van der Waals surface area contributed by atoms with Crippen molar-refractivity contribution in [2.75, 3.05) is 26.2 Å². The first-order chi connectivity index (χ1) is 8.09. The molecule has 1 aliphatic rings. The molecular weight excluding hydrogens is 231 g/mol. The molecule has 0 aliphatic carbocycles. The number of rotatable bonds is 2. The molecule has 1 saturated heterocycles. The summed E-state index contributed by atoms with van der Waals surface area (Å²) in [5.41, 5.74) is 0.0712. The average Bonchev–Trinajstić information content (AvgIpc) is 2.30. The predicted molar refractivity (Wildman–Crippen MR) is 57.5 cm³/mol. The number of pyridine rings is 1. The predicted octanol–water partition coefficient (Wildman–Crippen LogP) is 1.59. The van der Waals surface area contributed by atoms with Crippen LogP contribution in [0.4, 0.5) is 13.2 Å². The largest absolute Gasteiger partial charge is 0.409 e. The molecule has 0 spiro atoms. The number of nitrogens with zero attached hydrogens (tertiary/aromatic N) is 2. The van der Waals surface area contributed by atoms with Gasteiger partial charge >= 0.3 is 6.18 Å². The third kappa shape index (κ3) is 2.95. The molecule has 1 aromatic heterocycles. The van der Waals surface area contributed by atoms with Crippen molar-refractivity contribution in [3.8, 4) is 0 Å². The van der Waals surface area contributed by atoms with Crippen molar-refractivity contribution >= 4 is 0 Å². The normalized spacial score (nSPS) is 20.2. The summed E-state index contributed by atoms with van der Waals surface area (Å²) < 4.78 is 39.3. The van der Waals surface area contributed by atoms with Gasteiger partial charge in [-0.05, 0) is 12.1 Å². The Balaban J connectivity index is 2.25. The van der Waals surface area contributed by atoms with E-state index in [9.17, 15) is 13.2 Å². The minimum atomic E-state index is -4.29. The number of halogens is 3. The van der Waals surface area contributed by atoms with Gasteiger partial charge in [-0.3, -0.25) is 9.88 Å². The van der Waals surface area contributed by atoms with Crippen molar-refractivity contribution in [3.05, 3.63) is 30.1 Å². The van der Waals surface area contributed by atoms with Gasteiger partial charge in [0, 0.05) is 32.4 Å². The summed E-state index contributed by atoms with van der Waals surface area (Å²) in [5, 5.41) is 3.04. The Morgan fingerprint density at radius 3 is 2.47 bits per heavy atom. The molecule has 0 aromatic carbocycles. The zero-order valence-electron chi connectivity index (χ0n) is 9.24. The molecule has 0 bridgehead atoms. The van der Waals surface area contributed by atoms with Gasteiger partial charge in [-0.2, -0.15) is 13.2 Å². The van der Waals surface area contributed by atoms with Crippen LogP contribution in [0, 0.1) is 0 Å². The third-order valence-electron chi connectivity index (χ3n) is 2.79. The van der Waals surface area contributed by atoms with Crippen LogP contribution in [0.25, 0.3) is 0 Å². The Morgan fingerprint density at radius 1 is 1.24 bits per heavy atom. The lowest BCUT2D eigenvalue weighted by atomic mass is 10.1. The Bertz CT molecular complexity index is 347. The van der Waals surface area contributed by atoms with E-state index in [1.165, 1.54) is 17.2 Å². The monoisotopic (exact) mass is 245 g/mol. The highest BCUT2D eigenvalue weighted by molar-refractivity contribution is 5.11. The average molecular weight is 245 g/mol. The molecular formula is C11H14F3N3. The number of hydrogen-bond donors (Lipinski definition) is 1. The van der Waals surface area contributed by atoms with Crippen LogP contribution >= 0.6 is 0 Å². The van der Waals surface area contributed by atoms with Gasteiger partial charge in [-0.15, -0.1) is 0 Å². The minimum absolute atomic E-state index is 0.0712. The molecule has 6 heteroatoms. The van der Waals surface area contributed by atoms with E-state index in [-0.39, 0.29) is 5.69 Å². The Hall–Kier alpha value is -1.14. The summed E-state index contributed by atoms with van der Waals surface area (Å²) in [6, 6.07) is 3.05. The van der Waals surface area contributed by atoms with Gasteiger partial charge in [0.15, 0.2) is 0 Å². The minimum Gasteiger partial charge on any atom is -0.314 e. The SMILES string of the molecule is FC(F)(F)[C@@H](c1ccccn1)N1CCNCC1. The summed E-state index contributed by atoms with van der Waals surface area (Å²) in [6.07, 6.45) is -2.89. The second-order valence-electron chi connectivity index (χ2n) is 3.98. The second kappa shape index (κ2) is 5.01. The molecule has 94 valence electrons. The maximum Gasteiger partial charge on any atom is 0.409 e. The van der Waals surface area contributed by atoms with Crippen LogP contribution in [0.3, 0.4) is 0 Å². The lowest BCUT2D eigenvalue weighted by molar-refractivity contribution is -0.188. The van der Waals surface area contributed by atoms with E-state index in [1.54, 1.807) is 12.1 Å². The molecule has 3 nitrogen and oxygen atoms in total. The highest BCUT2D eigenvalue weighted by atomic mass is 19.4. The molecule has 0 saturated carbocycles. The summed E-state index contributed by atoms with van der Waals surface area (Å²) in [6.45, 7) is 1.94. The zero-order valence-corrected chi connectivity index (χ0v) is 9.24. The van der Waals surface area contributed by atoms with Crippen molar-refractivity contribution in [2.24, 2.45) is 0 Å². The quantitative estimate of drug-likeness (QED) is 0.857. The summed E-state index contributed by atoms with van der Waals surface area (Å²) >= 11 is 0. The molecule has 1 aliphatic heterocycles. The van der Waals surface area contributed by atoms with Crippen LogP contribution in [0.2, 0.25) is 0 Å². The fraction of sp³-hybridized carbons (Fsp3) is 0.545. The van der Waals surface area contributed by atoms with Crippen LogP contribution in [0.5, 0.6) is 0 Å². The molecule has 1 fully saturated rings. The zero-order chi connectivity index (χ0) is 12.3. The van der Waals surface area contributed by atoms with Crippen LogP contribution in [0.1, 0.15) is 11.7 Å². The Morgan fingerprint density at radius 2 is 1.94 bits per heavy atom. The van der Waals surface area contributed by atoms with Crippen LogP contribution in [-0.4, -0.2) is 42.2 Å². The smallest absolute Gasteiger partial charge is 0.314 e. The molecule has 2 rings (SSSR count). The van der Waals surface area contributed by atoms with Gasteiger partial charge in [0.25, 0.3) is 0 Å². The van der Waals surface area contributed by atoms with E-state index in [0.717, 1.165) is 0 Å². The van der Waals surface area contributed by atoms with Crippen molar-refractivity contribution < 1.29 is 13.2 Å².